The molecule has 0 aliphatic carbocycles. The lowest BCUT2D eigenvalue weighted by molar-refractivity contribution is -0.123. The lowest BCUT2D eigenvalue weighted by Crippen LogP contribution is -2.45. The minimum Gasteiger partial charge on any atom is -0.354 e. The van der Waals surface area contributed by atoms with Gasteiger partial charge in [-0.2, -0.15) is 0 Å². The second kappa shape index (κ2) is 8.06. The number of carbonyl (C=O) groups excluding carboxylic acids is 1. The van der Waals surface area contributed by atoms with Crippen LogP contribution >= 0.6 is 11.3 Å². The number of amides is 1. The molecule has 5 heteroatoms. The molecule has 0 saturated heterocycles. The molecule has 2 atom stereocenters. The van der Waals surface area contributed by atoms with E-state index in [4.69, 9.17) is 5.73 Å². The van der Waals surface area contributed by atoms with Crippen LogP contribution in [-0.2, 0) is 11.2 Å². The molecular formula is C17H23N3OS. The first kappa shape index (κ1) is 16.6. The molecule has 0 saturated carbocycles. The zero-order valence-electron chi connectivity index (χ0n) is 13.1. The Balaban J connectivity index is 1.83. The molecule has 0 spiro atoms. The lowest BCUT2D eigenvalue weighted by atomic mass is 9.99. The van der Waals surface area contributed by atoms with Crippen molar-refractivity contribution in [3.8, 4) is 10.6 Å². The highest BCUT2D eigenvalue weighted by Gasteiger charge is 2.18. The van der Waals surface area contributed by atoms with Gasteiger partial charge in [0.2, 0.25) is 5.91 Å². The minimum absolute atomic E-state index is 0.0761. The van der Waals surface area contributed by atoms with E-state index in [1.807, 2.05) is 37.4 Å². The van der Waals surface area contributed by atoms with Gasteiger partial charge >= 0.3 is 0 Å². The standard InChI is InChI=1S/C17H23N3OS/c1-3-12(2)15(18)16(21)19-10-9-14-11-22-17(20-14)13-7-5-4-6-8-13/h4-8,11-12,15H,3,9-10,18H2,1-2H3,(H,19,21). The van der Waals surface area contributed by atoms with Crippen molar-refractivity contribution in [1.82, 2.24) is 10.3 Å². The Morgan fingerprint density at radius 1 is 1.36 bits per heavy atom. The third kappa shape index (κ3) is 4.39. The molecule has 4 nitrogen and oxygen atoms in total. The smallest absolute Gasteiger partial charge is 0.237 e. The number of nitrogens with two attached hydrogens (primary N) is 1. The van der Waals surface area contributed by atoms with Crippen molar-refractivity contribution >= 4 is 17.2 Å². The molecule has 0 radical (unpaired) electrons. The van der Waals surface area contributed by atoms with E-state index >= 15 is 0 Å². The summed E-state index contributed by atoms with van der Waals surface area (Å²) in [4.78, 5) is 16.5. The van der Waals surface area contributed by atoms with Gasteiger partial charge in [0, 0.05) is 23.9 Å². The summed E-state index contributed by atoms with van der Waals surface area (Å²) in [6, 6.07) is 9.68. The van der Waals surface area contributed by atoms with E-state index in [0.29, 0.717) is 6.54 Å². The summed E-state index contributed by atoms with van der Waals surface area (Å²) in [6.45, 7) is 4.61. The summed E-state index contributed by atoms with van der Waals surface area (Å²) in [5.41, 5.74) is 8.03. The van der Waals surface area contributed by atoms with Crippen LogP contribution in [0.2, 0.25) is 0 Å². The summed E-state index contributed by atoms with van der Waals surface area (Å²) >= 11 is 1.63. The zero-order valence-corrected chi connectivity index (χ0v) is 13.9. The van der Waals surface area contributed by atoms with Gasteiger partial charge in [-0.1, -0.05) is 50.6 Å². The fraction of sp³-hybridized carbons (Fsp3) is 0.412. The maximum absolute atomic E-state index is 11.9. The Labute approximate surface area is 135 Å². The molecule has 1 amide bonds. The Morgan fingerprint density at radius 2 is 2.09 bits per heavy atom. The molecule has 0 aliphatic heterocycles. The van der Waals surface area contributed by atoms with Crippen LogP contribution in [-0.4, -0.2) is 23.5 Å². The Bertz CT molecular complexity index is 597. The van der Waals surface area contributed by atoms with Gasteiger partial charge in [0.05, 0.1) is 11.7 Å². The fourth-order valence-corrected chi connectivity index (χ4v) is 2.94. The number of thiazole rings is 1. The Morgan fingerprint density at radius 3 is 2.77 bits per heavy atom. The predicted molar refractivity (Wildman–Crippen MR) is 91.7 cm³/mol. The number of benzene rings is 1. The average Bonchev–Trinajstić information content (AvgIpc) is 3.03. The quantitative estimate of drug-likeness (QED) is 0.825. The van der Waals surface area contributed by atoms with Crippen molar-refractivity contribution in [3.05, 3.63) is 41.4 Å². The van der Waals surface area contributed by atoms with Gasteiger partial charge in [-0.25, -0.2) is 4.98 Å². The van der Waals surface area contributed by atoms with E-state index in [1.54, 1.807) is 11.3 Å². The maximum atomic E-state index is 11.9. The molecule has 118 valence electrons. The first-order valence-corrected chi connectivity index (χ1v) is 8.53. The van der Waals surface area contributed by atoms with Crippen molar-refractivity contribution < 1.29 is 4.79 Å². The summed E-state index contributed by atoms with van der Waals surface area (Å²) in [7, 11) is 0. The largest absolute Gasteiger partial charge is 0.354 e. The molecular weight excluding hydrogens is 294 g/mol. The van der Waals surface area contributed by atoms with Gasteiger partial charge in [0.15, 0.2) is 0 Å². The summed E-state index contributed by atoms with van der Waals surface area (Å²) in [5, 5.41) is 5.95. The van der Waals surface area contributed by atoms with Gasteiger partial charge in [-0.05, 0) is 5.92 Å². The molecule has 0 bridgehead atoms. The molecule has 1 aromatic carbocycles. The highest BCUT2D eigenvalue weighted by Crippen LogP contribution is 2.23. The van der Waals surface area contributed by atoms with Crippen molar-refractivity contribution in [3.63, 3.8) is 0 Å². The van der Waals surface area contributed by atoms with Crippen LogP contribution < -0.4 is 11.1 Å². The molecule has 1 heterocycles. The van der Waals surface area contributed by atoms with Gasteiger partial charge in [-0.15, -0.1) is 11.3 Å². The first-order valence-electron chi connectivity index (χ1n) is 7.65. The third-order valence-electron chi connectivity index (χ3n) is 3.81. The van der Waals surface area contributed by atoms with Crippen LogP contribution in [0.4, 0.5) is 0 Å². The maximum Gasteiger partial charge on any atom is 0.237 e. The van der Waals surface area contributed by atoms with Gasteiger partial charge in [0.25, 0.3) is 0 Å². The van der Waals surface area contributed by atoms with Crippen LogP contribution in [0.15, 0.2) is 35.7 Å². The van der Waals surface area contributed by atoms with Crippen molar-refractivity contribution in [2.75, 3.05) is 6.54 Å². The van der Waals surface area contributed by atoms with E-state index in [1.165, 1.54) is 0 Å². The number of nitrogens with one attached hydrogen (secondary N) is 1. The number of hydrogen-bond donors (Lipinski definition) is 2. The molecule has 2 rings (SSSR count). The van der Waals surface area contributed by atoms with Gasteiger partial charge in [0.1, 0.15) is 5.01 Å². The van der Waals surface area contributed by atoms with E-state index < -0.39 is 6.04 Å². The number of aromatic nitrogens is 1. The molecule has 0 aliphatic rings. The number of carbonyl (C=O) groups is 1. The van der Waals surface area contributed by atoms with Crippen molar-refractivity contribution in [2.24, 2.45) is 11.7 Å². The summed E-state index contributed by atoms with van der Waals surface area (Å²) in [5.74, 6) is 0.122. The fourth-order valence-electron chi connectivity index (χ4n) is 2.08. The van der Waals surface area contributed by atoms with E-state index in [2.05, 4.69) is 22.4 Å². The topological polar surface area (TPSA) is 68.0 Å². The number of nitrogens with zero attached hydrogens (tertiary/aromatic N) is 1. The van der Waals surface area contributed by atoms with Gasteiger partial charge in [-0.3, -0.25) is 4.79 Å². The Hall–Kier alpha value is -1.72. The molecule has 2 aromatic rings. The number of hydrogen-bond acceptors (Lipinski definition) is 4. The van der Waals surface area contributed by atoms with E-state index in [0.717, 1.165) is 29.1 Å². The van der Waals surface area contributed by atoms with Crippen LogP contribution in [0.1, 0.15) is 26.0 Å². The highest BCUT2D eigenvalue weighted by atomic mass is 32.1. The second-order valence-electron chi connectivity index (χ2n) is 5.46. The molecule has 2 unspecified atom stereocenters. The van der Waals surface area contributed by atoms with Crippen molar-refractivity contribution in [1.29, 1.82) is 0 Å². The monoisotopic (exact) mass is 317 g/mol. The Kier molecular flexibility index (Phi) is 6.10. The highest BCUT2D eigenvalue weighted by molar-refractivity contribution is 7.13. The minimum atomic E-state index is -0.430. The van der Waals surface area contributed by atoms with E-state index in [-0.39, 0.29) is 11.8 Å². The summed E-state index contributed by atoms with van der Waals surface area (Å²) < 4.78 is 0. The normalized spacial score (nSPS) is 13.6. The lowest BCUT2D eigenvalue weighted by Gasteiger charge is -2.17. The third-order valence-corrected chi connectivity index (χ3v) is 4.75. The summed E-state index contributed by atoms with van der Waals surface area (Å²) in [6.07, 6.45) is 1.63. The van der Waals surface area contributed by atoms with Gasteiger partial charge < -0.3 is 11.1 Å². The molecule has 0 fully saturated rings. The molecule has 1 aromatic heterocycles. The zero-order chi connectivity index (χ0) is 15.9. The predicted octanol–water partition coefficient (Wildman–Crippen LogP) is 2.84. The molecule has 3 N–H and O–H groups in total. The van der Waals surface area contributed by atoms with Crippen LogP contribution in [0.5, 0.6) is 0 Å². The number of rotatable bonds is 7. The average molecular weight is 317 g/mol. The van der Waals surface area contributed by atoms with E-state index in [9.17, 15) is 4.79 Å². The van der Waals surface area contributed by atoms with Crippen molar-refractivity contribution in [2.45, 2.75) is 32.7 Å². The van der Waals surface area contributed by atoms with Crippen LogP contribution in [0.25, 0.3) is 10.6 Å². The first-order chi connectivity index (χ1) is 10.6. The van der Waals surface area contributed by atoms with Crippen LogP contribution in [0, 0.1) is 5.92 Å². The SMILES string of the molecule is CCC(C)C(N)C(=O)NCCc1csc(-c2ccccc2)n1. The van der Waals surface area contributed by atoms with Crippen LogP contribution in [0.3, 0.4) is 0 Å². The molecule has 22 heavy (non-hydrogen) atoms. The second-order valence-corrected chi connectivity index (χ2v) is 6.32.